The van der Waals surface area contributed by atoms with E-state index in [-0.39, 0.29) is 6.10 Å². The van der Waals surface area contributed by atoms with Crippen LogP contribution in [-0.4, -0.2) is 40.3 Å². The molecule has 1 aliphatic rings. The summed E-state index contributed by atoms with van der Waals surface area (Å²) in [5.74, 6) is -0.910. The average molecular weight is 311 g/mol. The summed E-state index contributed by atoms with van der Waals surface area (Å²) >= 11 is 0. The zero-order chi connectivity index (χ0) is 16.2. The molecule has 0 aromatic heterocycles. The summed E-state index contributed by atoms with van der Waals surface area (Å²) in [7, 11) is 0. The van der Waals surface area contributed by atoms with Gasteiger partial charge in [0.05, 0.1) is 11.7 Å². The monoisotopic (exact) mass is 311 g/mol. The summed E-state index contributed by atoms with van der Waals surface area (Å²) in [4.78, 5) is 13.6. The number of carboxylic acid groups (broad SMARTS) is 1. The predicted octanol–water partition coefficient (Wildman–Crippen LogP) is 3.01. The molecular weight excluding hydrogens is 290 g/mol. The van der Waals surface area contributed by atoms with E-state index in [1.54, 1.807) is 12.1 Å². The third-order valence-corrected chi connectivity index (χ3v) is 4.31. The number of carboxylic acids is 1. The van der Waals surface area contributed by atoms with Gasteiger partial charge in [-0.1, -0.05) is 42.5 Å². The third-order valence-electron chi connectivity index (χ3n) is 4.31. The second-order valence-electron chi connectivity index (χ2n) is 6.08. The van der Waals surface area contributed by atoms with E-state index in [9.17, 15) is 15.0 Å². The van der Waals surface area contributed by atoms with E-state index < -0.39 is 5.97 Å². The van der Waals surface area contributed by atoms with Crippen LogP contribution < -0.4 is 0 Å². The lowest BCUT2D eigenvalue weighted by Gasteiger charge is -2.30. The van der Waals surface area contributed by atoms with E-state index in [1.807, 2.05) is 36.4 Å². The molecule has 1 saturated heterocycles. The lowest BCUT2D eigenvalue weighted by atomic mass is 9.98. The molecule has 120 valence electrons. The quantitative estimate of drug-likeness (QED) is 0.911. The van der Waals surface area contributed by atoms with Crippen molar-refractivity contribution in [3.8, 4) is 11.1 Å². The van der Waals surface area contributed by atoms with Crippen LogP contribution in [0.1, 0.15) is 28.8 Å². The molecule has 2 aromatic carbocycles. The van der Waals surface area contributed by atoms with Crippen LogP contribution in [0.2, 0.25) is 0 Å². The molecule has 0 amide bonds. The van der Waals surface area contributed by atoms with Gasteiger partial charge >= 0.3 is 5.97 Å². The Labute approximate surface area is 136 Å². The van der Waals surface area contributed by atoms with Crippen molar-refractivity contribution in [2.75, 3.05) is 13.1 Å². The van der Waals surface area contributed by atoms with Crippen LogP contribution in [0.5, 0.6) is 0 Å². The highest BCUT2D eigenvalue weighted by Crippen LogP contribution is 2.24. The van der Waals surface area contributed by atoms with E-state index in [4.69, 9.17) is 0 Å². The minimum absolute atomic E-state index is 0.217. The maximum absolute atomic E-state index is 11.3. The molecule has 4 heteroatoms. The molecule has 0 spiro atoms. The maximum Gasteiger partial charge on any atom is 0.336 e. The summed E-state index contributed by atoms with van der Waals surface area (Å²) in [6.45, 7) is 2.56. The van der Waals surface area contributed by atoms with Gasteiger partial charge in [-0.3, -0.25) is 4.90 Å². The normalized spacial score (nSPS) is 18.7. The fourth-order valence-corrected chi connectivity index (χ4v) is 3.14. The second-order valence-corrected chi connectivity index (χ2v) is 6.08. The first-order valence-corrected chi connectivity index (χ1v) is 7.95. The Bertz CT molecular complexity index is 681. The molecule has 4 nitrogen and oxygen atoms in total. The number of hydrogen-bond donors (Lipinski definition) is 2. The smallest absolute Gasteiger partial charge is 0.336 e. The van der Waals surface area contributed by atoms with Gasteiger partial charge in [-0.25, -0.2) is 4.79 Å². The summed E-state index contributed by atoms with van der Waals surface area (Å²) in [5, 5.41) is 19.0. The molecule has 0 aliphatic carbocycles. The van der Waals surface area contributed by atoms with Gasteiger partial charge in [0.15, 0.2) is 0 Å². The fraction of sp³-hybridized carbons (Fsp3) is 0.316. The molecule has 1 aliphatic heterocycles. The van der Waals surface area contributed by atoms with Gasteiger partial charge in [-0.15, -0.1) is 0 Å². The molecule has 3 rings (SSSR count). The summed E-state index contributed by atoms with van der Waals surface area (Å²) in [6, 6.07) is 15.1. The van der Waals surface area contributed by atoms with E-state index in [0.717, 1.165) is 43.6 Å². The second kappa shape index (κ2) is 6.94. The number of rotatable bonds is 4. The summed E-state index contributed by atoms with van der Waals surface area (Å²) < 4.78 is 0. The van der Waals surface area contributed by atoms with Gasteiger partial charge in [0.1, 0.15) is 0 Å². The van der Waals surface area contributed by atoms with Crippen molar-refractivity contribution in [1.29, 1.82) is 0 Å². The molecular formula is C19H21NO3. The van der Waals surface area contributed by atoms with Crippen molar-refractivity contribution in [3.63, 3.8) is 0 Å². The number of benzene rings is 2. The van der Waals surface area contributed by atoms with Crippen LogP contribution in [0, 0.1) is 0 Å². The number of β-amino-alcohol motifs (C(OH)–C–C–N with tert-alkyl or cyclic N) is 1. The Balaban J connectivity index is 1.76. The Kier molecular flexibility index (Phi) is 4.74. The standard InChI is InChI=1S/C19H21NO3/c21-16-4-3-11-20(13-16)12-14-7-9-15(10-8-14)17-5-1-2-6-18(17)19(22)23/h1-2,5-10,16,21H,3-4,11-13H2,(H,22,23)/t16-/m1/s1. The van der Waals surface area contributed by atoms with E-state index in [1.165, 1.54) is 5.56 Å². The van der Waals surface area contributed by atoms with Gasteiger partial charge in [0.25, 0.3) is 0 Å². The van der Waals surface area contributed by atoms with Crippen molar-refractivity contribution >= 4 is 5.97 Å². The number of piperidine rings is 1. The van der Waals surface area contributed by atoms with Crippen molar-refractivity contribution < 1.29 is 15.0 Å². The van der Waals surface area contributed by atoms with E-state index >= 15 is 0 Å². The lowest BCUT2D eigenvalue weighted by molar-refractivity contribution is 0.0668. The highest BCUT2D eigenvalue weighted by molar-refractivity contribution is 5.95. The SMILES string of the molecule is O=C(O)c1ccccc1-c1ccc(CN2CCC[C@@H](O)C2)cc1. The van der Waals surface area contributed by atoms with Crippen LogP contribution in [0.4, 0.5) is 0 Å². The van der Waals surface area contributed by atoms with Gasteiger partial charge in [-0.2, -0.15) is 0 Å². The van der Waals surface area contributed by atoms with Gasteiger partial charge < -0.3 is 10.2 Å². The van der Waals surface area contributed by atoms with Crippen LogP contribution in [-0.2, 0) is 6.54 Å². The average Bonchev–Trinajstić information content (AvgIpc) is 2.55. The zero-order valence-electron chi connectivity index (χ0n) is 13.0. The molecule has 0 saturated carbocycles. The first-order valence-electron chi connectivity index (χ1n) is 7.95. The number of likely N-dealkylation sites (tertiary alicyclic amines) is 1. The first kappa shape index (κ1) is 15.7. The van der Waals surface area contributed by atoms with E-state index in [0.29, 0.717) is 5.56 Å². The first-order chi connectivity index (χ1) is 11.1. The maximum atomic E-state index is 11.3. The molecule has 0 unspecified atom stereocenters. The number of aromatic carboxylic acids is 1. The fourth-order valence-electron chi connectivity index (χ4n) is 3.14. The molecule has 1 atom stereocenters. The Hall–Kier alpha value is -2.17. The van der Waals surface area contributed by atoms with Crippen LogP contribution in [0.15, 0.2) is 48.5 Å². The molecule has 1 fully saturated rings. The van der Waals surface area contributed by atoms with Gasteiger partial charge in [0.2, 0.25) is 0 Å². The van der Waals surface area contributed by atoms with E-state index in [2.05, 4.69) is 4.90 Å². The number of aliphatic hydroxyl groups is 1. The highest BCUT2D eigenvalue weighted by Gasteiger charge is 2.17. The molecule has 0 radical (unpaired) electrons. The van der Waals surface area contributed by atoms with Crippen molar-refractivity contribution in [2.24, 2.45) is 0 Å². The van der Waals surface area contributed by atoms with Gasteiger partial charge in [0, 0.05) is 13.1 Å². The Morgan fingerprint density at radius 2 is 1.87 bits per heavy atom. The molecule has 2 N–H and O–H groups in total. The van der Waals surface area contributed by atoms with Gasteiger partial charge in [-0.05, 0) is 42.1 Å². The number of aliphatic hydroxyl groups excluding tert-OH is 1. The molecule has 1 heterocycles. The summed E-state index contributed by atoms with van der Waals surface area (Å²) in [5.41, 5.74) is 3.14. The topological polar surface area (TPSA) is 60.8 Å². The zero-order valence-corrected chi connectivity index (χ0v) is 13.0. The minimum atomic E-state index is -0.910. The molecule has 2 aromatic rings. The summed E-state index contributed by atoms with van der Waals surface area (Å²) in [6.07, 6.45) is 1.71. The molecule has 23 heavy (non-hydrogen) atoms. The number of nitrogens with zero attached hydrogens (tertiary/aromatic N) is 1. The van der Waals surface area contributed by atoms with Crippen LogP contribution in [0.25, 0.3) is 11.1 Å². The number of hydrogen-bond acceptors (Lipinski definition) is 3. The van der Waals surface area contributed by atoms with Crippen molar-refractivity contribution in [3.05, 3.63) is 59.7 Å². The lowest BCUT2D eigenvalue weighted by Crippen LogP contribution is -2.37. The molecule has 0 bridgehead atoms. The highest BCUT2D eigenvalue weighted by atomic mass is 16.4. The van der Waals surface area contributed by atoms with Crippen molar-refractivity contribution in [1.82, 2.24) is 4.90 Å². The Morgan fingerprint density at radius 3 is 2.57 bits per heavy atom. The van der Waals surface area contributed by atoms with Crippen LogP contribution in [0.3, 0.4) is 0 Å². The van der Waals surface area contributed by atoms with Crippen molar-refractivity contribution in [2.45, 2.75) is 25.5 Å². The largest absolute Gasteiger partial charge is 0.478 e. The minimum Gasteiger partial charge on any atom is -0.478 e. The van der Waals surface area contributed by atoms with Crippen LogP contribution >= 0.6 is 0 Å². The predicted molar refractivity (Wildman–Crippen MR) is 89.4 cm³/mol. The third kappa shape index (κ3) is 3.78. The Morgan fingerprint density at radius 1 is 1.13 bits per heavy atom. The number of carbonyl (C=O) groups is 1.